The van der Waals surface area contributed by atoms with Crippen molar-refractivity contribution in [3.63, 3.8) is 0 Å². The smallest absolute Gasteiger partial charge is 0.324 e. The van der Waals surface area contributed by atoms with Gasteiger partial charge in [0, 0.05) is 18.4 Å². The number of carboxylic acids is 1. The number of Topliss-reactive ketones (excluding diaryl/α,β-unsaturated/α-hetero) is 1. The van der Waals surface area contributed by atoms with Crippen molar-refractivity contribution in [1.82, 2.24) is 5.32 Å². The number of nitrogens with one attached hydrogen (secondary N) is 1. The van der Waals surface area contributed by atoms with Crippen LogP contribution in [0.25, 0.3) is 0 Å². The Balaban J connectivity index is 2.71. The van der Waals surface area contributed by atoms with Crippen molar-refractivity contribution < 1.29 is 24.2 Å². The molecule has 0 radical (unpaired) electrons. The number of rotatable bonds is 8. The van der Waals surface area contributed by atoms with Gasteiger partial charge in [-0.2, -0.15) is 0 Å². The van der Waals surface area contributed by atoms with Crippen LogP contribution in [0.4, 0.5) is 0 Å². The van der Waals surface area contributed by atoms with E-state index in [-0.39, 0.29) is 24.5 Å². The first-order valence-electron chi connectivity index (χ1n) is 8.32. The van der Waals surface area contributed by atoms with E-state index in [0.717, 1.165) is 25.7 Å². The van der Waals surface area contributed by atoms with Gasteiger partial charge < -0.3 is 15.2 Å². The highest BCUT2D eigenvalue weighted by molar-refractivity contribution is 5.88. The number of hydrogen-bond donors (Lipinski definition) is 2. The predicted molar refractivity (Wildman–Crippen MR) is 86.1 cm³/mol. The summed E-state index contributed by atoms with van der Waals surface area (Å²) in [5.74, 6) is -1.36. The number of carbonyl (C=O) groups excluding carboxylic acids is 2. The minimum atomic E-state index is -0.949. The number of carbonyl (C=O) groups is 3. The zero-order valence-electron chi connectivity index (χ0n) is 14.6. The normalized spacial score (nSPS) is 18.4. The molecule has 1 aliphatic carbocycles. The second-order valence-corrected chi connectivity index (χ2v) is 7.40. The van der Waals surface area contributed by atoms with E-state index in [1.807, 2.05) is 0 Å². The van der Waals surface area contributed by atoms with Crippen LogP contribution in [-0.4, -0.2) is 40.5 Å². The van der Waals surface area contributed by atoms with Crippen molar-refractivity contribution in [1.29, 1.82) is 0 Å². The number of ketones is 1. The first-order valence-corrected chi connectivity index (χ1v) is 8.32. The van der Waals surface area contributed by atoms with Crippen molar-refractivity contribution >= 4 is 17.7 Å². The molecule has 23 heavy (non-hydrogen) atoms. The molecule has 0 saturated heterocycles. The first kappa shape index (κ1) is 19.6. The van der Waals surface area contributed by atoms with Gasteiger partial charge in [0.05, 0.1) is 6.42 Å². The van der Waals surface area contributed by atoms with Crippen LogP contribution in [0, 0.1) is 5.92 Å². The quantitative estimate of drug-likeness (QED) is 0.665. The number of esters is 1. The van der Waals surface area contributed by atoms with Crippen molar-refractivity contribution in [3.8, 4) is 0 Å². The lowest BCUT2D eigenvalue weighted by Crippen LogP contribution is -2.47. The molecule has 0 heterocycles. The standard InChI is InChI=1S/C17H29NO5/c1-11(9-15(20)21)18-13(16(22)23-17(2,3)4)10-14(19)12-7-5-6-8-12/h11-13,18H,5-10H2,1-4H3,(H,20,21)/t11-,13?/m1/s1. The Hall–Kier alpha value is -1.43. The van der Waals surface area contributed by atoms with Gasteiger partial charge in [0.1, 0.15) is 17.4 Å². The van der Waals surface area contributed by atoms with E-state index < -0.39 is 29.6 Å². The molecule has 1 aliphatic rings. The SMILES string of the molecule is C[C@H](CC(=O)O)NC(CC(=O)C1CCCC1)C(=O)OC(C)(C)C. The lowest BCUT2D eigenvalue weighted by atomic mass is 9.96. The number of ether oxygens (including phenoxy) is 1. The number of aliphatic carboxylic acids is 1. The third kappa shape index (κ3) is 7.59. The summed E-state index contributed by atoms with van der Waals surface area (Å²) in [5.41, 5.74) is -0.649. The van der Waals surface area contributed by atoms with Gasteiger partial charge >= 0.3 is 11.9 Å². The molecule has 1 unspecified atom stereocenters. The molecule has 0 aromatic heterocycles. The topological polar surface area (TPSA) is 92.7 Å². The van der Waals surface area contributed by atoms with E-state index in [1.165, 1.54) is 0 Å². The Labute approximate surface area is 138 Å². The maximum atomic E-state index is 12.4. The van der Waals surface area contributed by atoms with Crippen molar-refractivity contribution in [3.05, 3.63) is 0 Å². The van der Waals surface area contributed by atoms with Crippen LogP contribution >= 0.6 is 0 Å². The molecule has 6 nitrogen and oxygen atoms in total. The van der Waals surface area contributed by atoms with Crippen LogP contribution in [0.2, 0.25) is 0 Å². The summed E-state index contributed by atoms with van der Waals surface area (Å²) < 4.78 is 5.37. The lowest BCUT2D eigenvalue weighted by molar-refractivity contribution is -0.159. The summed E-state index contributed by atoms with van der Waals surface area (Å²) in [6.45, 7) is 6.98. The molecule has 2 N–H and O–H groups in total. The van der Waals surface area contributed by atoms with Crippen LogP contribution < -0.4 is 5.32 Å². The molecule has 0 aliphatic heterocycles. The van der Waals surface area contributed by atoms with Crippen LogP contribution in [0.3, 0.4) is 0 Å². The summed E-state index contributed by atoms with van der Waals surface area (Å²) in [6.07, 6.45) is 3.81. The largest absolute Gasteiger partial charge is 0.481 e. The van der Waals surface area contributed by atoms with E-state index in [2.05, 4.69) is 5.32 Å². The minimum absolute atomic E-state index is 0.0246. The molecule has 1 saturated carbocycles. The number of hydrogen-bond acceptors (Lipinski definition) is 5. The summed E-state index contributed by atoms with van der Waals surface area (Å²) in [4.78, 5) is 35.5. The summed E-state index contributed by atoms with van der Waals surface area (Å²) in [6, 6.07) is -1.21. The van der Waals surface area contributed by atoms with E-state index in [4.69, 9.17) is 9.84 Å². The highest BCUT2D eigenvalue weighted by Gasteiger charge is 2.32. The fourth-order valence-corrected chi connectivity index (χ4v) is 2.86. The molecular formula is C17H29NO5. The average Bonchev–Trinajstić information content (AvgIpc) is 2.88. The molecule has 0 bridgehead atoms. The van der Waals surface area contributed by atoms with Crippen LogP contribution in [-0.2, 0) is 19.1 Å². The summed E-state index contributed by atoms with van der Waals surface area (Å²) in [7, 11) is 0. The van der Waals surface area contributed by atoms with Crippen LogP contribution in [0.1, 0.15) is 66.2 Å². The maximum Gasteiger partial charge on any atom is 0.324 e. The first-order chi connectivity index (χ1) is 10.6. The van der Waals surface area contributed by atoms with Gasteiger partial charge in [-0.25, -0.2) is 0 Å². The molecule has 6 heteroatoms. The van der Waals surface area contributed by atoms with Gasteiger partial charge in [-0.3, -0.25) is 14.4 Å². The maximum absolute atomic E-state index is 12.4. The van der Waals surface area contributed by atoms with Gasteiger partial charge in [0.15, 0.2) is 0 Å². The predicted octanol–water partition coefficient (Wildman–Crippen LogP) is 2.30. The molecule has 132 valence electrons. The van der Waals surface area contributed by atoms with Gasteiger partial charge in [0.25, 0.3) is 0 Å². The van der Waals surface area contributed by atoms with E-state index in [9.17, 15) is 14.4 Å². The zero-order chi connectivity index (χ0) is 17.6. The highest BCUT2D eigenvalue weighted by atomic mass is 16.6. The lowest BCUT2D eigenvalue weighted by Gasteiger charge is -2.26. The highest BCUT2D eigenvalue weighted by Crippen LogP contribution is 2.27. The van der Waals surface area contributed by atoms with Crippen molar-refractivity contribution in [2.75, 3.05) is 0 Å². The zero-order valence-corrected chi connectivity index (χ0v) is 14.6. The van der Waals surface area contributed by atoms with E-state index in [0.29, 0.717) is 0 Å². The van der Waals surface area contributed by atoms with Gasteiger partial charge in [0.2, 0.25) is 0 Å². The fraction of sp³-hybridized carbons (Fsp3) is 0.824. The summed E-state index contributed by atoms with van der Waals surface area (Å²) >= 11 is 0. The second kappa shape index (κ2) is 8.43. The third-order valence-electron chi connectivity index (χ3n) is 3.87. The molecular weight excluding hydrogens is 298 g/mol. The Morgan fingerprint density at radius 2 is 1.74 bits per heavy atom. The Kier molecular flexibility index (Phi) is 7.19. The Morgan fingerprint density at radius 1 is 1.17 bits per heavy atom. The molecule has 0 aromatic rings. The minimum Gasteiger partial charge on any atom is -0.481 e. The summed E-state index contributed by atoms with van der Waals surface area (Å²) in [5, 5.41) is 11.8. The Morgan fingerprint density at radius 3 is 2.22 bits per heavy atom. The van der Waals surface area contributed by atoms with Crippen molar-refractivity contribution in [2.24, 2.45) is 5.92 Å². The van der Waals surface area contributed by atoms with Crippen molar-refractivity contribution in [2.45, 2.75) is 83.9 Å². The van der Waals surface area contributed by atoms with E-state index in [1.54, 1.807) is 27.7 Å². The number of carboxylic acid groups (broad SMARTS) is 1. The molecule has 0 spiro atoms. The van der Waals surface area contributed by atoms with Gasteiger partial charge in [-0.1, -0.05) is 12.8 Å². The molecule has 0 aromatic carbocycles. The van der Waals surface area contributed by atoms with Crippen LogP contribution in [0.15, 0.2) is 0 Å². The fourth-order valence-electron chi connectivity index (χ4n) is 2.86. The van der Waals surface area contributed by atoms with E-state index >= 15 is 0 Å². The van der Waals surface area contributed by atoms with Gasteiger partial charge in [-0.15, -0.1) is 0 Å². The average molecular weight is 327 g/mol. The molecule has 0 amide bonds. The monoisotopic (exact) mass is 327 g/mol. The molecule has 2 atom stereocenters. The second-order valence-electron chi connectivity index (χ2n) is 7.40. The molecule has 1 fully saturated rings. The van der Waals surface area contributed by atoms with Crippen LogP contribution in [0.5, 0.6) is 0 Å². The molecule has 1 rings (SSSR count). The third-order valence-corrected chi connectivity index (χ3v) is 3.87. The Bertz CT molecular complexity index is 435. The van der Waals surface area contributed by atoms with Gasteiger partial charge in [-0.05, 0) is 40.5 Å².